The van der Waals surface area contributed by atoms with Crippen LogP contribution in [0.25, 0.3) is 0 Å². The molecule has 0 bridgehead atoms. The van der Waals surface area contributed by atoms with Gasteiger partial charge in [-0.3, -0.25) is 14.5 Å². The highest BCUT2D eigenvalue weighted by Gasteiger charge is 2.36. The first-order chi connectivity index (χ1) is 13.7. The molecule has 2 fully saturated rings. The second-order valence-corrected chi connectivity index (χ2v) is 10.6. The van der Waals surface area contributed by atoms with Gasteiger partial charge in [-0.2, -0.15) is 0 Å². The van der Waals surface area contributed by atoms with E-state index in [0.29, 0.717) is 32.6 Å². The van der Waals surface area contributed by atoms with Crippen molar-refractivity contribution in [2.75, 3.05) is 37.7 Å². The van der Waals surface area contributed by atoms with Crippen LogP contribution < -0.4 is 5.32 Å². The van der Waals surface area contributed by atoms with Gasteiger partial charge in [0.15, 0.2) is 9.84 Å². The second kappa shape index (κ2) is 9.26. The van der Waals surface area contributed by atoms with Crippen LogP contribution >= 0.6 is 0 Å². The van der Waals surface area contributed by atoms with Crippen LogP contribution in [-0.4, -0.2) is 79.8 Å². The maximum absolute atomic E-state index is 13.1. The molecule has 2 saturated heterocycles. The number of carbonyl (C=O) groups is 2. The first-order valence-corrected chi connectivity index (χ1v) is 12.1. The fourth-order valence-electron chi connectivity index (χ4n) is 4.09. The van der Waals surface area contributed by atoms with Crippen LogP contribution in [0, 0.1) is 5.92 Å². The fourth-order valence-corrected chi connectivity index (χ4v) is 5.85. The zero-order valence-electron chi connectivity index (χ0n) is 17.2. The Balaban J connectivity index is 1.54. The highest BCUT2D eigenvalue weighted by molar-refractivity contribution is 7.91. The lowest BCUT2D eigenvalue weighted by molar-refractivity contribution is -0.139. The molecule has 0 saturated carbocycles. The van der Waals surface area contributed by atoms with Gasteiger partial charge in [0.2, 0.25) is 11.8 Å². The normalized spacial score (nSPS) is 23.1. The van der Waals surface area contributed by atoms with Crippen molar-refractivity contribution in [3.8, 4) is 0 Å². The summed E-state index contributed by atoms with van der Waals surface area (Å²) in [5.41, 5.74) is 0.917. The van der Waals surface area contributed by atoms with E-state index in [4.69, 9.17) is 0 Å². The molecule has 2 heterocycles. The van der Waals surface area contributed by atoms with Crippen molar-refractivity contribution in [3.63, 3.8) is 0 Å². The summed E-state index contributed by atoms with van der Waals surface area (Å²) < 4.78 is 23.4. The van der Waals surface area contributed by atoms with Crippen molar-refractivity contribution in [1.29, 1.82) is 0 Å². The van der Waals surface area contributed by atoms with Crippen molar-refractivity contribution in [3.05, 3.63) is 35.9 Å². The quantitative estimate of drug-likeness (QED) is 0.731. The molecule has 0 aromatic heterocycles. The smallest absolute Gasteiger partial charge is 0.245 e. The second-order valence-electron chi connectivity index (χ2n) is 8.37. The third kappa shape index (κ3) is 5.79. The van der Waals surface area contributed by atoms with Gasteiger partial charge in [0.1, 0.15) is 6.04 Å². The van der Waals surface area contributed by atoms with Crippen LogP contribution in [0.2, 0.25) is 0 Å². The minimum atomic E-state index is -2.91. The van der Waals surface area contributed by atoms with Gasteiger partial charge in [0.05, 0.1) is 17.9 Å². The molecule has 0 unspecified atom stereocenters. The molecule has 29 heavy (non-hydrogen) atoms. The zero-order valence-corrected chi connectivity index (χ0v) is 18.0. The maximum Gasteiger partial charge on any atom is 0.245 e. The number of benzene rings is 1. The Morgan fingerprint density at radius 3 is 2.31 bits per heavy atom. The number of sulfone groups is 1. The summed E-state index contributed by atoms with van der Waals surface area (Å²) in [7, 11) is -2.91. The van der Waals surface area contributed by atoms with Crippen molar-refractivity contribution in [2.45, 2.75) is 38.8 Å². The van der Waals surface area contributed by atoms with E-state index in [1.165, 1.54) is 0 Å². The average Bonchev–Trinajstić information content (AvgIpc) is 3.06. The molecule has 2 atom stereocenters. The molecule has 0 spiro atoms. The molecule has 0 radical (unpaired) electrons. The molecule has 2 amide bonds. The van der Waals surface area contributed by atoms with Crippen LogP contribution in [0.3, 0.4) is 0 Å². The summed E-state index contributed by atoms with van der Waals surface area (Å²) in [5, 5.41) is 2.92. The van der Waals surface area contributed by atoms with E-state index in [2.05, 4.69) is 10.2 Å². The van der Waals surface area contributed by atoms with Crippen LogP contribution in [0.4, 0.5) is 0 Å². The van der Waals surface area contributed by atoms with Crippen molar-refractivity contribution in [2.24, 2.45) is 5.92 Å². The van der Waals surface area contributed by atoms with E-state index in [9.17, 15) is 18.0 Å². The van der Waals surface area contributed by atoms with Crippen LogP contribution in [-0.2, 0) is 25.8 Å². The average molecular weight is 422 g/mol. The lowest BCUT2D eigenvalue weighted by Crippen LogP contribution is -2.58. The van der Waals surface area contributed by atoms with Gasteiger partial charge in [-0.05, 0) is 17.9 Å². The fraction of sp³-hybridized carbons (Fsp3) is 0.619. The Morgan fingerprint density at radius 1 is 1.10 bits per heavy atom. The van der Waals surface area contributed by atoms with Gasteiger partial charge in [-0.25, -0.2) is 8.42 Å². The number of hydrogen-bond acceptors (Lipinski definition) is 5. The van der Waals surface area contributed by atoms with E-state index in [1.54, 1.807) is 4.90 Å². The van der Waals surface area contributed by atoms with Crippen molar-refractivity contribution >= 4 is 21.7 Å². The molecule has 3 rings (SSSR count). The van der Waals surface area contributed by atoms with E-state index < -0.39 is 15.9 Å². The van der Waals surface area contributed by atoms with Gasteiger partial charge < -0.3 is 10.2 Å². The standard InChI is InChI=1S/C21H31N3O4S/c1-16(2)20(22-19(25)14-17-6-4-3-5-7-17)21(26)24-11-9-23(10-12-24)18-8-13-29(27,28)15-18/h3-7,16,18,20H,8-15H2,1-2H3,(H,22,25)/t18-,20-/m0/s1. The van der Waals surface area contributed by atoms with Gasteiger partial charge in [0.25, 0.3) is 0 Å². The molecule has 2 aliphatic rings. The number of nitrogens with one attached hydrogen (secondary N) is 1. The van der Waals surface area contributed by atoms with E-state index in [-0.39, 0.29) is 41.7 Å². The maximum atomic E-state index is 13.1. The third-order valence-electron chi connectivity index (χ3n) is 5.81. The minimum absolute atomic E-state index is 0.0137. The number of hydrogen-bond donors (Lipinski definition) is 1. The number of rotatable bonds is 6. The Bertz CT molecular complexity index is 818. The van der Waals surface area contributed by atoms with Crippen LogP contribution in [0.1, 0.15) is 25.8 Å². The van der Waals surface area contributed by atoms with Crippen molar-refractivity contribution in [1.82, 2.24) is 15.1 Å². The monoisotopic (exact) mass is 421 g/mol. The topological polar surface area (TPSA) is 86.8 Å². The Labute approximate surface area is 173 Å². The zero-order chi connectivity index (χ0) is 21.0. The Hall–Kier alpha value is -1.93. The van der Waals surface area contributed by atoms with Gasteiger partial charge in [0, 0.05) is 32.2 Å². The van der Waals surface area contributed by atoms with Crippen molar-refractivity contribution < 1.29 is 18.0 Å². The largest absolute Gasteiger partial charge is 0.344 e. The molecule has 8 heteroatoms. The number of amides is 2. The van der Waals surface area contributed by atoms with Crippen LogP contribution in [0.5, 0.6) is 0 Å². The molecule has 1 aromatic carbocycles. The van der Waals surface area contributed by atoms with Gasteiger partial charge in [-0.1, -0.05) is 44.2 Å². The molecule has 2 aliphatic heterocycles. The number of nitrogens with zero attached hydrogens (tertiary/aromatic N) is 2. The molecule has 1 N–H and O–H groups in total. The summed E-state index contributed by atoms with van der Waals surface area (Å²) in [5.74, 6) is 0.267. The predicted octanol–water partition coefficient (Wildman–Crippen LogP) is 0.701. The third-order valence-corrected chi connectivity index (χ3v) is 7.56. The van der Waals surface area contributed by atoms with E-state index in [1.807, 2.05) is 44.2 Å². The highest BCUT2D eigenvalue weighted by atomic mass is 32.2. The summed E-state index contributed by atoms with van der Waals surface area (Å²) in [6, 6.07) is 9.00. The molecule has 0 aliphatic carbocycles. The lowest BCUT2D eigenvalue weighted by Gasteiger charge is -2.39. The minimum Gasteiger partial charge on any atom is -0.344 e. The molecule has 1 aromatic rings. The Morgan fingerprint density at radius 2 is 1.76 bits per heavy atom. The van der Waals surface area contributed by atoms with E-state index >= 15 is 0 Å². The number of carbonyl (C=O) groups excluding carboxylic acids is 2. The van der Waals surface area contributed by atoms with Gasteiger partial charge in [-0.15, -0.1) is 0 Å². The first-order valence-electron chi connectivity index (χ1n) is 10.3. The SMILES string of the molecule is CC(C)[C@H](NC(=O)Cc1ccccc1)C(=O)N1CCN([C@H]2CCS(=O)(=O)C2)CC1. The summed E-state index contributed by atoms with van der Waals surface area (Å²) >= 11 is 0. The molecule has 7 nitrogen and oxygen atoms in total. The molecular formula is C21H31N3O4S. The first kappa shape index (κ1) is 21.8. The predicted molar refractivity (Wildman–Crippen MR) is 112 cm³/mol. The Kier molecular flexibility index (Phi) is 6.95. The summed E-state index contributed by atoms with van der Waals surface area (Å²) in [4.78, 5) is 29.5. The highest BCUT2D eigenvalue weighted by Crippen LogP contribution is 2.20. The molecular weight excluding hydrogens is 390 g/mol. The lowest BCUT2D eigenvalue weighted by atomic mass is 10.0. The van der Waals surface area contributed by atoms with Gasteiger partial charge >= 0.3 is 0 Å². The number of piperazine rings is 1. The van der Waals surface area contributed by atoms with E-state index in [0.717, 1.165) is 5.56 Å². The summed E-state index contributed by atoms with van der Waals surface area (Å²) in [6.45, 7) is 6.35. The van der Waals surface area contributed by atoms with Crippen LogP contribution in [0.15, 0.2) is 30.3 Å². The summed E-state index contributed by atoms with van der Waals surface area (Å²) in [6.07, 6.45) is 0.932. The molecule has 160 valence electrons.